The van der Waals surface area contributed by atoms with Crippen molar-refractivity contribution in [3.63, 3.8) is 0 Å². The van der Waals surface area contributed by atoms with Gasteiger partial charge in [-0.2, -0.15) is 5.10 Å². The molecule has 2 aromatic rings. The van der Waals surface area contributed by atoms with Gasteiger partial charge in [0.2, 0.25) is 11.9 Å². The number of carbonyl (C=O) groups is 1. The molecular formula is C16H20N6O. The molecule has 2 aliphatic heterocycles. The van der Waals surface area contributed by atoms with E-state index in [2.05, 4.69) is 30.4 Å². The molecule has 4 rings (SSSR count). The van der Waals surface area contributed by atoms with Crippen LogP contribution in [0, 0.1) is 6.92 Å². The van der Waals surface area contributed by atoms with Crippen molar-refractivity contribution in [2.24, 2.45) is 0 Å². The first-order chi connectivity index (χ1) is 11.2. The number of amides is 1. The van der Waals surface area contributed by atoms with Gasteiger partial charge >= 0.3 is 0 Å². The number of anilines is 2. The van der Waals surface area contributed by atoms with Crippen molar-refractivity contribution in [1.82, 2.24) is 20.2 Å². The van der Waals surface area contributed by atoms with E-state index in [1.807, 2.05) is 19.3 Å². The lowest BCUT2D eigenvalue weighted by molar-refractivity contribution is -0.116. The number of aromatic nitrogens is 4. The molecule has 2 N–H and O–H groups in total. The molecule has 0 spiro atoms. The van der Waals surface area contributed by atoms with Crippen LogP contribution in [0.5, 0.6) is 0 Å². The fourth-order valence-electron chi connectivity index (χ4n) is 3.48. The molecule has 4 heterocycles. The molecule has 1 unspecified atom stereocenters. The first-order valence-electron chi connectivity index (χ1n) is 8.14. The Morgan fingerprint density at radius 2 is 1.91 bits per heavy atom. The molecule has 2 aliphatic rings. The monoisotopic (exact) mass is 312 g/mol. The minimum Gasteiger partial charge on any atom is -0.341 e. The fourth-order valence-corrected chi connectivity index (χ4v) is 3.48. The van der Waals surface area contributed by atoms with Crippen LogP contribution in [0.3, 0.4) is 0 Å². The lowest BCUT2D eigenvalue weighted by Crippen LogP contribution is -2.31. The van der Waals surface area contributed by atoms with Gasteiger partial charge in [-0.1, -0.05) is 0 Å². The van der Waals surface area contributed by atoms with Crippen molar-refractivity contribution in [1.29, 1.82) is 0 Å². The third-order valence-electron chi connectivity index (χ3n) is 4.69. The van der Waals surface area contributed by atoms with E-state index in [-0.39, 0.29) is 11.8 Å². The molecule has 7 nitrogen and oxygen atoms in total. The molecule has 120 valence electrons. The Morgan fingerprint density at radius 3 is 2.65 bits per heavy atom. The average Bonchev–Trinajstić information content (AvgIpc) is 2.96. The molecule has 0 saturated carbocycles. The summed E-state index contributed by atoms with van der Waals surface area (Å²) >= 11 is 0. The normalized spacial score (nSPS) is 21.0. The molecule has 1 saturated heterocycles. The highest BCUT2D eigenvalue weighted by Gasteiger charge is 2.31. The summed E-state index contributed by atoms with van der Waals surface area (Å²) < 4.78 is 0. The summed E-state index contributed by atoms with van der Waals surface area (Å²) in [7, 11) is 0. The Morgan fingerprint density at radius 1 is 1.17 bits per heavy atom. The summed E-state index contributed by atoms with van der Waals surface area (Å²) in [4.78, 5) is 23.2. The summed E-state index contributed by atoms with van der Waals surface area (Å²) in [6.07, 6.45) is 7.80. The number of nitrogens with zero attached hydrogens (tertiary/aromatic N) is 4. The van der Waals surface area contributed by atoms with Crippen LogP contribution in [-0.4, -0.2) is 39.2 Å². The molecule has 0 bridgehead atoms. The quantitative estimate of drug-likeness (QED) is 0.885. The van der Waals surface area contributed by atoms with Gasteiger partial charge in [0.1, 0.15) is 0 Å². The van der Waals surface area contributed by atoms with Gasteiger partial charge in [-0.25, -0.2) is 9.97 Å². The van der Waals surface area contributed by atoms with Crippen LogP contribution in [0.4, 0.5) is 11.8 Å². The number of rotatable bonds is 2. The summed E-state index contributed by atoms with van der Waals surface area (Å²) in [5.74, 6) is 1.36. The second-order valence-electron chi connectivity index (χ2n) is 6.28. The Balaban J connectivity index is 1.63. The lowest BCUT2D eigenvalue weighted by Gasteiger charge is -2.27. The minimum atomic E-state index is -0.0343. The number of fused-ring (bicyclic) bond motifs is 1. The standard InChI is InChI=1S/C16H20N6O/c1-10-14-12(7-13(23)19-15(14)21-20-10)11-8-17-16(18-9-11)22-5-3-2-4-6-22/h8-9,12H,2-7H2,1H3,(H2,19,20,21,23). The number of hydrogen-bond acceptors (Lipinski definition) is 5. The highest BCUT2D eigenvalue weighted by atomic mass is 16.1. The van der Waals surface area contributed by atoms with E-state index in [4.69, 9.17) is 0 Å². The molecular weight excluding hydrogens is 292 g/mol. The van der Waals surface area contributed by atoms with Crippen molar-refractivity contribution in [2.75, 3.05) is 23.3 Å². The summed E-state index contributed by atoms with van der Waals surface area (Å²) in [6, 6.07) is 0. The third kappa shape index (κ3) is 2.56. The molecule has 0 radical (unpaired) electrons. The molecule has 0 aliphatic carbocycles. The number of carbonyl (C=O) groups excluding carboxylic acids is 1. The van der Waals surface area contributed by atoms with Crippen LogP contribution in [0.1, 0.15) is 48.4 Å². The summed E-state index contributed by atoms with van der Waals surface area (Å²) in [6.45, 7) is 4.02. The first kappa shape index (κ1) is 14.2. The van der Waals surface area contributed by atoms with Crippen LogP contribution < -0.4 is 10.2 Å². The van der Waals surface area contributed by atoms with Crippen molar-refractivity contribution in [3.05, 3.63) is 29.2 Å². The van der Waals surface area contributed by atoms with Gasteiger partial charge < -0.3 is 10.2 Å². The highest BCUT2D eigenvalue weighted by molar-refractivity contribution is 5.94. The Bertz CT molecular complexity index is 717. The number of nitrogens with one attached hydrogen (secondary N) is 2. The Hall–Kier alpha value is -2.44. The van der Waals surface area contributed by atoms with Gasteiger partial charge in [0.05, 0.1) is 0 Å². The van der Waals surface area contributed by atoms with Crippen LogP contribution in [0.2, 0.25) is 0 Å². The van der Waals surface area contributed by atoms with Crippen molar-refractivity contribution < 1.29 is 4.79 Å². The van der Waals surface area contributed by atoms with E-state index < -0.39 is 0 Å². The molecule has 1 amide bonds. The molecule has 2 aromatic heterocycles. The van der Waals surface area contributed by atoms with Crippen molar-refractivity contribution >= 4 is 17.7 Å². The number of piperidine rings is 1. The first-order valence-corrected chi connectivity index (χ1v) is 8.14. The third-order valence-corrected chi connectivity index (χ3v) is 4.69. The zero-order valence-electron chi connectivity index (χ0n) is 13.2. The average molecular weight is 312 g/mol. The van der Waals surface area contributed by atoms with Crippen molar-refractivity contribution in [3.8, 4) is 0 Å². The molecule has 7 heteroatoms. The predicted octanol–water partition coefficient (Wildman–Crippen LogP) is 1.97. The van der Waals surface area contributed by atoms with E-state index in [1.165, 1.54) is 19.3 Å². The van der Waals surface area contributed by atoms with E-state index in [0.29, 0.717) is 12.2 Å². The Labute approximate surface area is 134 Å². The molecule has 0 aromatic carbocycles. The van der Waals surface area contributed by atoms with E-state index in [1.54, 1.807) is 0 Å². The summed E-state index contributed by atoms with van der Waals surface area (Å²) in [5, 5.41) is 9.93. The van der Waals surface area contributed by atoms with Crippen LogP contribution in [0.15, 0.2) is 12.4 Å². The van der Waals surface area contributed by atoms with Gasteiger partial charge in [-0.15, -0.1) is 0 Å². The van der Waals surface area contributed by atoms with Crippen molar-refractivity contribution in [2.45, 2.75) is 38.5 Å². The topological polar surface area (TPSA) is 86.8 Å². The maximum atomic E-state index is 11.9. The largest absolute Gasteiger partial charge is 0.341 e. The van der Waals surface area contributed by atoms with E-state index >= 15 is 0 Å². The zero-order chi connectivity index (χ0) is 15.8. The Kier molecular flexibility index (Phi) is 3.48. The summed E-state index contributed by atoms with van der Waals surface area (Å²) in [5.41, 5.74) is 2.98. The van der Waals surface area contributed by atoms with Gasteiger partial charge in [0.15, 0.2) is 5.82 Å². The van der Waals surface area contributed by atoms with Gasteiger partial charge in [-0.05, 0) is 31.7 Å². The predicted molar refractivity (Wildman–Crippen MR) is 86.5 cm³/mol. The van der Waals surface area contributed by atoms with Gasteiger partial charge in [0, 0.05) is 49.1 Å². The second kappa shape index (κ2) is 5.64. The molecule has 1 fully saturated rings. The van der Waals surface area contributed by atoms with Crippen LogP contribution in [-0.2, 0) is 4.79 Å². The SMILES string of the molecule is Cc1[nH]nc2c1C(c1cnc(N3CCCCC3)nc1)CC(=O)N2. The number of hydrogen-bond donors (Lipinski definition) is 2. The smallest absolute Gasteiger partial charge is 0.226 e. The maximum absolute atomic E-state index is 11.9. The van der Waals surface area contributed by atoms with Gasteiger partial charge in [0.25, 0.3) is 0 Å². The zero-order valence-corrected chi connectivity index (χ0v) is 13.2. The molecule has 1 atom stereocenters. The van der Waals surface area contributed by atoms with Crippen LogP contribution in [0.25, 0.3) is 0 Å². The fraction of sp³-hybridized carbons (Fsp3) is 0.500. The van der Waals surface area contributed by atoms with E-state index in [0.717, 1.165) is 35.9 Å². The maximum Gasteiger partial charge on any atom is 0.226 e. The highest BCUT2D eigenvalue weighted by Crippen LogP contribution is 2.37. The number of aryl methyl sites for hydroxylation is 1. The lowest BCUT2D eigenvalue weighted by atomic mass is 9.87. The van der Waals surface area contributed by atoms with E-state index in [9.17, 15) is 4.79 Å². The minimum absolute atomic E-state index is 0.0193. The number of H-pyrrole nitrogens is 1. The molecule has 23 heavy (non-hydrogen) atoms. The van der Waals surface area contributed by atoms with Crippen LogP contribution >= 0.6 is 0 Å². The second-order valence-corrected chi connectivity index (χ2v) is 6.28. The number of aromatic amines is 1. The van der Waals surface area contributed by atoms with Gasteiger partial charge in [-0.3, -0.25) is 9.89 Å².